The normalized spacial score (nSPS) is 18.7. The first kappa shape index (κ1) is 21.2. The van der Waals surface area contributed by atoms with E-state index >= 15 is 0 Å². The Morgan fingerprint density at radius 3 is 2.74 bits per heavy atom. The lowest BCUT2D eigenvalue weighted by atomic mass is 9.91. The number of halogens is 2. The number of amides is 1. The molecule has 2 heterocycles. The summed E-state index contributed by atoms with van der Waals surface area (Å²) in [6.07, 6.45) is 5.35. The molecule has 8 nitrogen and oxygen atoms in total. The molecule has 11 heteroatoms. The van der Waals surface area contributed by atoms with Gasteiger partial charge >= 0.3 is 0 Å². The van der Waals surface area contributed by atoms with Crippen LogP contribution in [0.3, 0.4) is 0 Å². The highest BCUT2D eigenvalue weighted by atomic mass is 32.1. The molecule has 1 aliphatic carbocycles. The van der Waals surface area contributed by atoms with Crippen molar-refractivity contribution in [3.63, 3.8) is 0 Å². The zero-order valence-electron chi connectivity index (χ0n) is 16.9. The predicted octanol–water partition coefficient (Wildman–Crippen LogP) is 3.34. The summed E-state index contributed by atoms with van der Waals surface area (Å²) < 4.78 is 29.8. The van der Waals surface area contributed by atoms with Crippen LogP contribution in [-0.2, 0) is 7.05 Å². The average molecular weight is 448 g/mol. The number of anilines is 3. The van der Waals surface area contributed by atoms with Crippen LogP contribution in [0.5, 0.6) is 0 Å². The van der Waals surface area contributed by atoms with E-state index in [2.05, 4.69) is 20.7 Å². The minimum absolute atomic E-state index is 0.000946. The highest BCUT2D eigenvalue weighted by Gasteiger charge is 2.24. The van der Waals surface area contributed by atoms with Gasteiger partial charge < -0.3 is 22.1 Å². The first-order chi connectivity index (χ1) is 14.8. The number of thiazole rings is 1. The summed E-state index contributed by atoms with van der Waals surface area (Å²) in [5.74, 6) is -1.50. The number of carbonyl (C=O) groups excluding carboxylic acids is 1. The topological polar surface area (TPSA) is 124 Å². The van der Waals surface area contributed by atoms with Gasteiger partial charge in [-0.15, -0.1) is 0 Å². The van der Waals surface area contributed by atoms with Gasteiger partial charge in [0.25, 0.3) is 5.91 Å². The van der Waals surface area contributed by atoms with Gasteiger partial charge in [0, 0.05) is 19.1 Å². The van der Waals surface area contributed by atoms with Gasteiger partial charge in [0.1, 0.15) is 33.1 Å². The smallest absolute Gasteiger partial charge is 0.277 e. The summed E-state index contributed by atoms with van der Waals surface area (Å²) in [4.78, 5) is 16.9. The predicted molar refractivity (Wildman–Crippen MR) is 117 cm³/mol. The molecule has 164 valence electrons. The van der Waals surface area contributed by atoms with Crippen LogP contribution in [0.1, 0.15) is 36.2 Å². The Hall–Kier alpha value is -3.05. The minimum Gasteiger partial charge on any atom is -0.389 e. The molecule has 1 fully saturated rings. The molecule has 1 amide bonds. The molecule has 0 unspecified atom stereocenters. The second-order valence-electron chi connectivity index (χ2n) is 7.58. The van der Waals surface area contributed by atoms with Crippen LogP contribution in [0.4, 0.5) is 25.3 Å². The van der Waals surface area contributed by atoms with Crippen LogP contribution in [-0.4, -0.2) is 32.8 Å². The van der Waals surface area contributed by atoms with Crippen molar-refractivity contribution in [2.75, 3.05) is 16.4 Å². The lowest BCUT2D eigenvalue weighted by molar-refractivity contribution is 0.102. The number of benzene rings is 1. The van der Waals surface area contributed by atoms with Gasteiger partial charge in [-0.25, -0.2) is 13.8 Å². The van der Waals surface area contributed by atoms with E-state index in [0.717, 1.165) is 49.2 Å². The third kappa shape index (κ3) is 4.37. The van der Waals surface area contributed by atoms with E-state index in [1.54, 1.807) is 11.7 Å². The van der Waals surface area contributed by atoms with Crippen LogP contribution in [0, 0.1) is 11.6 Å². The molecule has 4 rings (SSSR count). The van der Waals surface area contributed by atoms with Gasteiger partial charge in [-0.3, -0.25) is 9.48 Å². The third-order valence-corrected chi connectivity index (χ3v) is 6.19. The van der Waals surface area contributed by atoms with Crippen molar-refractivity contribution in [2.24, 2.45) is 12.8 Å². The van der Waals surface area contributed by atoms with Gasteiger partial charge in [-0.1, -0.05) is 17.4 Å². The average Bonchev–Trinajstić information content (AvgIpc) is 3.25. The fourth-order valence-corrected chi connectivity index (χ4v) is 4.61. The molecule has 0 radical (unpaired) electrons. The summed E-state index contributed by atoms with van der Waals surface area (Å²) in [5.41, 5.74) is 12.1. The monoisotopic (exact) mass is 447 g/mol. The fourth-order valence-electron chi connectivity index (χ4n) is 3.74. The molecule has 0 saturated heterocycles. The van der Waals surface area contributed by atoms with Crippen molar-refractivity contribution in [1.29, 1.82) is 0 Å². The van der Waals surface area contributed by atoms with E-state index in [9.17, 15) is 13.6 Å². The Morgan fingerprint density at radius 2 is 2.03 bits per heavy atom. The molecule has 1 aliphatic rings. The zero-order valence-corrected chi connectivity index (χ0v) is 17.7. The van der Waals surface area contributed by atoms with Crippen molar-refractivity contribution >= 4 is 33.8 Å². The van der Waals surface area contributed by atoms with E-state index in [-0.39, 0.29) is 33.3 Å². The van der Waals surface area contributed by atoms with Crippen LogP contribution < -0.4 is 22.1 Å². The van der Waals surface area contributed by atoms with E-state index in [1.165, 1.54) is 12.3 Å². The Bertz CT molecular complexity index is 1090. The summed E-state index contributed by atoms with van der Waals surface area (Å²) in [6.45, 7) is 0. The number of nitrogens with zero attached hydrogens (tertiary/aromatic N) is 3. The molecule has 31 heavy (non-hydrogen) atoms. The maximum atomic E-state index is 14.1. The van der Waals surface area contributed by atoms with E-state index in [0.29, 0.717) is 11.5 Å². The Balaban J connectivity index is 1.55. The molecule has 0 bridgehead atoms. The fraction of sp³-hybridized carbons (Fsp3) is 0.350. The maximum Gasteiger partial charge on any atom is 0.277 e. The molecular weight excluding hydrogens is 424 g/mol. The maximum absolute atomic E-state index is 14.1. The van der Waals surface area contributed by atoms with Crippen molar-refractivity contribution in [2.45, 2.75) is 37.8 Å². The minimum atomic E-state index is -0.773. The molecule has 1 aromatic carbocycles. The zero-order chi connectivity index (χ0) is 22.1. The van der Waals surface area contributed by atoms with E-state index < -0.39 is 17.5 Å². The number of rotatable bonds is 5. The molecule has 0 aliphatic heterocycles. The first-order valence-corrected chi connectivity index (χ1v) is 10.7. The van der Waals surface area contributed by atoms with Crippen molar-refractivity contribution in [1.82, 2.24) is 14.8 Å². The van der Waals surface area contributed by atoms with Crippen molar-refractivity contribution < 1.29 is 13.6 Å². The number of carbonyl (C=O) groups is 1. The molecule has 2 aromatic heterocycles. The number of nitrogen functional groups attached to an aromatic ring is 1. The van der Waals surface area contributed by atoms with Gasteiger partial charge in [0.15, 0.2) is 5.69 Å². The van der Waals surface area contributed by atoms with Crippen LogP contribution in [0.25, 0.3) is 10.6 Å². The number of aromatic nitrogens is 3. The molecule has 6 N–H and O–H groups in total. The number of nitrogens with two attached hydrogens (primary N) is 2. The van der Waals surface area contributed by atoms with E-state index in [4.69, 9.17) is 11.5 Å². The Morgan fingerprint density at radius 1 is 1.29 bits per heavy atom. The molecule has 2 atom stereocenters. The van der Waals surface area contributed by atoms with Gasteiger partial charge in [0.05, 0.1) is 11.8 Å². The molecule has 3 aromatic rings. The number of hydrogen-bond donors (Lipinski definition) is 4. The lowest BCUT2D eigenvalue weighted by Gasteiger charge is -2.28. The van der Waals surface area contributed by atoms with Crippen LogP contribution in [0.15, 0.2) is 24.4 Å². The Kier molecular flexibility index (Phi) is 5.88. The van der Waals surface area contributed by atoms with Gasteiger partial charge in [-0.2, -0.15) is 5.10 Å². The van der Waals surface area contributed by atoms with Crippen molar-refractivity contribution in [3.8, 4) is 10.6 Å². The highest BCUT2D eigenvalue weighted by Crippen LogP contribution is 2.34. The molecular formula is C20H23F2N7OS. The SMILES string of the molecule is Cn1ncc(NC(=O)c2nc(-c3c(F)cccc3F)sc2N)c1N[C@@H]1CCC[C@@H](N)C1. The first-order valence-electron chi connectivity index (χ1n) is 9.89. The number of nitrogens with one attached hydrogen (secondary N) is 2. The third-order valence-electron chi connectivity index (χ3n) is 5.29. The standard InChI is InChI=1S/C20H23F2N7OS/c1-29-18(26-11-5-2-4-10(23)8-11)14(9-25-29)27-19(30)16-17(24)31-20(28-16)15-12(21)6-3-7-13(15)22/h3,6-7,9-11,26H,2,4-5,8,23-24H2,1H3,(H,27,30)/t10-,11-/m1/s1. The quantitative estimate of drug-likeness (QED) is 0.476. The van der Waals surface area contributed by atoms with Crippen molar-refractivity contribution in [3.05, 3.63) is 41.7 Å². The Labute approximate surface area is 181 Å². The summed E-state index contributed by atoms with van der Waals surface area (Å²) in [5, 5.41) is 10.4. The number of aryl methyl sites for hydroxylation is 1. The largest absolute Gasteiger partial charge is 0.389 e. The second kappa shape index (κ2) is 8.60. The van der Waals surface area contributed by atoms with Gasteiger partial charge in [-0.05, 0) is 37.8 Å². The summed E-state index contributed by atoms with van der Waals surface area (Å²) >= 11 is 0.848. The molecule has 1 saturated carbocycles. The van der Waals surface area contributed by atoms with Gasteiger partial charge in [0.2, 0.25) is 0 Å². The molecule has 0 spiro atoms. The summed E-state index contributed by atoms with van der Waals surface area (Å²) in [7, 11) is 1.76. The van der Waals surface area contributed by atoms with Crippen LogP contribution >= 0.6 is 11.3 Å². The summed E-state index contributed by atoms with van der Waals surface area (Å²) in [6, 6.07) is 3.83. The lowest BCUT2D eigenvalue weighted by Crippen LogP contribution is -2.35. The van der Waals surface area contributed by atoms with Crippen LogP contribution in [0.2, 0.25) is 0 Å². The second-order valence-corrected chi connectivity index (χ2v) is 8.61. The van der Waals surface area contributed by atoms with E-state index in [1.807, 2.05) is 0 Å². The highest BCUT2D eigenvalue weighted by molar-refractivity contribution is 7.19. The number of hydrogen-bond acceptors (Lipinski definition) is 7.